The van der Waals surface area contributed by atoms with Crippen molar-refractivity contribution >= 4 is 35.0 Å². The van der Waals surface area contributed by atoms with Gasteiger partial charge in [-0.15, -0.1) is 11.8 Å². The third kappa shape index (κ3) is 5.53. The third-order valence-corrected chi connectivity index (χ3v) is 4.35. The number of hydrogen-bond acceptors (Lipinski definition) is 6. The number of amides is 1. The first-order valence-corrected chi connectivity index (χ1v) is 8.83. The number of ether oxygens (including phenoxy) is 1. The lowest BCUT2D eigenvalue weighted by molar-refractivity contribution is -0.119. The van der Waals surface area contributed by atoms with Crippen LogP contribution in [0.2, 0.25) is 0 Å². The summed E-state index contributed by atoms with van der Waals surface area (Å²) in [5, 5.41) is 11.4. The summed E-state index contributed by atoms with van der Waals surface area (Å²) in [5.41, 5.74) is 1.93. The fraction of sp³-hybridized carbons (Fsp3) is 0.211. The van der Waals surface area contributed by atoms with Gasteiger partial charge in [0.15, 0.2) is 6.61 Å². The molecule has 0 bridgehead atoms. The van der Waals surface area contributed by atoms with Gasteiger partial charge in [-0.1, -0.05) is 12.1 Å². The normalized spacial score (nSPS) is 9.88. The number of nitriles is 1. The minimum atomic E-state index is -0.558. The van der Waals surface area contributed by atoms with Crippen LogP contribution in [-0.2, 0) is 9.53 Å². The molecule has 0 atom stereocenters. The Morgan fingerprint density at radius 3 is 2.50 bits per heavy atom. The first kappa shape index (κ1) is 19.3. The van der Waals surface area contributed by atoms with E-state index in [0.717, 1.165) is 10.6 Å². The van der Waals surface area contributed by atoms with Crippen molar-refractivity contribution in [2.75, 3.05) is 36.7 Å². The van der Waals surface area contributed by atoms with Gasteiger partial charge < -0.3 is 15.0 Å². The molecule has 0 aliphatic carbocycles. The molecule has 1 N–H and O–H groups in total. The van der Waals surface area contributed by atoms with Gasteiger partial charge in [-0.2, -0.15) is 5.26 Å². The maximum Gasteiger partial charge on any atom is 0.338 e. The van der Waals surface area contributed by atoms with Gasteiger partial charge >= 0.3 is 5.97 Å². The molecule has 0 aliphatic heterocycles. The van der Waals surface area contributed by atoms with Gasteiger partial charge in [0.25, 0.3) is 5.91 Å². The van der Waals surface area contributed by atoms with Crippen LogP contribution in [-0.4, -0.2) is 38.3 Å². The van der Waals surface area contributed by atoms with Crippen LogP contribution in [0.15, 0.2) is 53.4 Å². The highest BCUT2D eigenvalue weighted by Crippen LogP contribution is 2.26. The highest BCUT2D eigenvalue weighted by molar-refractivity contribution is 7.99. The number of thioether (sulfide) groups is 1. The van der Waals surface area contributed by atoms with Crippen molar-refractivity contribution in [3.8, 4) is 6.07 Å². The van der Waals surface area contributed by atoms with Crippen molar-refractivity contribution in [2.45, 2.75) is 4.90 Å². The maximum absolute atomic E-state index is 12.0. The molecule has 0 saturated heterocycles. The van der Waals surface area contributed by atoms with Crippen molar-refractivity contribution in [3.63, 3.8) is 0 Å². The Hall–Kier alpha value is -2.98. The number of rotatable bonds is 7. The van der Waals surface area contributed by atoms with Crippen LogP contribution < -0.4 is 10.2 Å². The molecule has 2 aromatic carbocycles. The molecule has 2 aromatic rings. The molecule has 26 heavy (non-hydrogen) atoms. The van der Waals surface area contributed by atoms with Gasteiger partial charge in [-0.3, -0.25) is 4.79 Å². The Labute approximate surface area is 156 Å². The van der Waals surface area contributed by atoms with E-state index in [1.54, 1.807) is 36.4 Å². The lowest BCUT2D eigenvalue weighted by Crippen LogP contribution is -2.21. The van der Waals surface area contributed by atoms with Gasteiger partial charge in [0, 0.05) is 24.7 Å². The van der Waals surface area contributed by atoms with Gasteiger partial charge in [-0.05, 0) is 36.4 Å². The van der Waals surface area contributed by atoms with Crippen LogP contribution in [0.1, 0.15) is 10.4 Å². The Bertz CT molecular complexity index is 814. The predicted molar refractivity (Wildman–Crippen MR) is 102 cm³/mol. The molecule has 0 saturated carbocycles. The molecular formula is C19H19N3O3S. The number of para-hydroxylation sites is 1. The average Bonchev–Trinajstić information content (AvgIpc) is 2.65. The maximum atomic E-state index is 12.0. The smallest absolute Gasteiger partial charge is 0.338 e. The second-order valence-corrected chi connectivity index (χ2v) is 6.53. The molecule has 0 aliphatic rings. The lowest BCUT2D eigenvalue weighted by Gasteiger charge is -2.12. The van der Waals surface area contributed by atoms with Crippen LogP contribution in [0.4, 0.5) is 11.4 Å². The van der Waals surface area contributed by atoms with Gasteiger partial charge in [-0.25, -0.2) is 4.79 Å². The quantitative estimate of drug-likeness (QED) is 0.596. The van der Waals surface area contributed by atoms with Crippen molar-refractivity contribution in [2.24, 2.45) is 0 Å². The number of esters is 1. The monoisotopic (exact) mass is 369 g/mol. The van der Waals surface area contributed by atoms with Crippen LogP contribution >= 0.6 is 11.8 Å². The number of anilines is 2. The van der Waals surface area contributed by atoms with Gasteiger partial charge in [0.2, 0.25) is 0 Å². The standard InChI is InChI=1S/C19H19N3O3S/c1-22(2)15-9-7-14(8-10-15)19(24)25-13-18(23)21-16-5-3-4-6-17(16)26-12-11-20/h3-10H,12-13H2,1-2H3,(H,21,23). The zero-order chi connectivity index (χ0) is 18.9. The largest absolute Gasteiger partial charge is 0.452 e. The summed E-state index contributed by atoms with van der Waals surface area (Å²) in [6.45, 7) is -0.383. The summed E-state index contributed by atoms with van der Waals surface area (Å²) in [4.78, 5) is 26.8. The highest BCUT2D eigenvalue weighted by atomic mass is 32.2. The Balaban J connectivity index is 1.90. The molecule has 6 nitrogen and oxygen atoms in total. The van der Waals surface area contributed by atoms with E-state index in [1.165, 1.54) is 11.8 Å². The van der Waals surface area contributed by atoms with E-state index in [0.29, 0.717) is 11.3 Å². The summed E-state index contributed by atoms with van der Waals surface area (Å²) in [6, 6.07) is 16.1. The number of benzene rings is 2. The van der Waals surface area contributed by atoms with Gasteiger partial charge in [0.1, 0.15) is 0 Å². The van der Waals surface area contributed by atoms with Crippen molar-refractivity contribution in [1.82, 2.24) is 0 Å². The van der Waals surface area contributed by atoms with Crippen LogP contribution in [0.25, 0.3) is 0 Å². The van der Waals surface area contributed by atoms with E-state index >= 15 is 0 Å². The fourth-order valence-electron chi connectivity index (χ4n) is 2.10. The molecule has 1 amide bonds. The highest BCUT2D eigenvalue weighted by Gasteiger charge is 2.12. The molecule has 2 rings (SSSR count). The van der Waals surface area contributed by atoms with Crippen molar-refractivity contribution in [1.29, 1.82) is 5.26 Å². The minimum Gasteiger partial charge on any atom is -0.452 e. The van der Waals surface area contributed by atoms with E-state index in [-0.39, 0.29) is 12.4 Å². The first-order valence-electron chi connectivity index (χ1n) is 7.84. The number of carbonyl (C=O) groups is 2. The Morgan fingerprint density at radius 1 is 1.15 bits per heavy atom. The SMILES string of the molecule is CN(C)c1ccc(C(=O)OCC(=O)Nc2ccccc2SCC#N)cc1. The zero-order valence-corrected chi connectivity index (χ0v) is 15.4. The van der Waals surface area contributed by atoms with Gasteiger partial charge in [0.05, 0.1) is 23.1 Å². The minimum absolute atomic E-state index is 0.283. The van der Waals surface area contributed by atoms with Crippen LogP contribution in [0, 0.1) is 11.3 Å². The van der Waals surface area contributed by atoms with Crippen LogP contribution in [0.5, 0.6) is 0 Å². The Morgan fingerprint density at radius 2 is 1.85 bits per heavy atom. The zero-order valence-electron chi connectivity index (χ0n) is 14.6. The molecule has 0 radical (unpaired) electrons. The molecule has 7 heteroatoms. The summed E-state index contributed by atoms with van der Waals surface area (Å²) < 4.78 is 5.06. The molecular weight excluding hydrogens is 350 g/mol. The van der Waals surface area contributed by atoms with E-state index in [2.05, 4.69) is 5.32 Å². The fourth-order valence-corrected chi connectivity index (χ4v) is 2.77. The van der Waals surface area contributed by atoms with Crippen molar-refractivity contribution in [3.05, 3.63) is 54.1 Å². The molecule has 0 unspecified atom stereocenters. The van der Waals surface area contributed by atoms with E-state index in [9.17, 15) is 9.59 Å². The summed E-state index contributed by atoms with van der Waals surface area (Å²) >= 11 is 1.33. The topological polar surface area (TPSA) is 82.4 Å². The Kier molecular flexibility index (Phi) is 7.06. The predicted octanol–water partition coefficient (Wildman–Crippen LogP) is 3.16. The van der Waals surface area contributed by atoms with E-state index < -0.39 is 11.9 Å². The molecule has 0 heterocycles. The number of carbonyl (C=O) groups excluding carboxylic acids is 2. The van der Waals surface area contributed by atoms with Crippen LogP contribution in [0.3, 0.4) is 0 Å². The number of hydrogen-bond donors (Lipinski definition) is 1. The number of nitrogens with one attached hydrogen (secondary N) is 1. The summed E-state index contributed by atoms with van der Waals surface area (Å²) in [6.07, 6.45) is 0. The molecule has 0 fully saturated rings. The summed E-state index contributed by atoms with van der Waals surface area (Å²) in [5.74, 6) is -0.712. The second-order valence-electron chi connectivity index (χ2n) is 5.51. The third-order valence-electron chi connectivity index (χ3n) is 3.41. The second kappa shape index (κ2) is 9.49. The summed E-state index contributed by atoms with van der Waals surface area (Å²) in [7, 11) is 3.81. The molecule has 0 spiro atoms. The molecule has 134 valence electrons. The lowest BCUT2D eigenvalue weighted by atomic mass is 10.2. The number of nitrogens with zero attached hydrogens (tertiary/aromatic N) is 2. The van der Waals surface area contributed by atoms with Crippen molar-refractivity contribution < 1.29 is 14.3 Å². The molecule has 0 aromatic heterocycles. The van der Waals surface area contributed by atoms with E-state index in [1.807, 2.05) is 37.2 Å². The average molecular weight is 369 g/mol. The first-order chi connectivity index (χ1) is 12.5. The van der Waals surface area contributed by atoms with E-state index in [4.69, 9.17) is 10.00 Å².